The minimum Gasteiger partial charge on any atom is -0.249 e. The molecule has 1 atom stereocenters. The van der Waals surface area contributed by atoms with Crippen LogP contribution < -0.4 is 14.6 Å². The Hall–Kier alpha value is -3.36. The van der Waals surface area contributed by atoms with Crippen molar-refractivity contribution in [2.24, 2.45) is 15.2 Å². The van der Waals surface area contributed by atoms with Crippen molar-refractivity contribution in [3.05, 3.63) is 101 Å². The second-order valence-electron chi connectivity index (χ2n) is 9.77. The number of hydrogen-bond acceptors (Lipinski definition) is 6. The fraction of sp³-hybridized carbons (Fsp3) is 0.231. The average Bonchev–Trinajstić information content (AvgIpc) is 3.32. The molecule has 0 aromatic heterocycles. The first-order valence-corrected chi connectivity index (χ1v) is 15.4. The van der Waals surface area contributed by atoms with Crippen molar-refractivity contribution in [2.75, 3.05) is 13.1 Å². The van der Waals surface area contributed by atoms with Crippen LogP contribution in [0, 0.1) is 5.82 Å². The van der Waals surface area contributed by atoms with Crippen molar-refractivity contribution in [1.29, 1.82) is 0 Å². The second-order valence-corrected chi connectivity index (χ2v) is 13.2. The quantitative estimate of drug-likeness (QED) is 0.266. The van der Waals surface area contributed by atoms with Gasteiger partial charge >= 0.3 is 0 Å². The Bertz CT molecular complexity index is 1630. The van der Waals surface area contributed by atoms with E-state index in [-0.39, 0.29) is 29.9 Å². The summed E-state index contributed by atoms with van der Waals surface area (Å²) in [6.45, 7) is 3.12. The summed E-state index contributed by atoms with van der Waals surface area (Å²) < 4.78 is 68.4. The van der Waals surface area contributed by atoms with Gasteiger partial charge in [0.2, 0.25) is 5.96 Å². The van der Waals surface area contributed by atoms with E-state index in [4.69, 9.17) is 21.8 Å². The second kappa shape index (κ2) is 11.6. The van der Waals surface area contributed by atoms with E-state index < -0.39 is 31.6 Å². The third kappa shape index (κ3) is 7.64. The number of nitrogens with one attached hydrogen (secondary N) is 2. The molecular formula is C26H28ClFN6O4S2. The van der Waals surface area contributed by atoms with E-state index in [2.05, 4.69) is 14.4 Å². The minimum absolute atomic E-state index is 0.0620. The van der Waals surface area contributed by atoms with Crippen LogP contribution in [0.4, 0.5) is 4.39 Å². The number of guanidine groups is 1. The molecule has 0 saturated heterocycles. The summed E-state index contributed by atoms with van der Waals surface area (Å²) >= 11 is 5.93. The Labute approximate surface area is 238 Å². The highest BCUT2D eigenvalue weighted by atomic mass is 35.5. The predicted molar refractivity (Wildman–Crippen MR) is 153 cm³/mol. The molecule has 4 rings (SSSR count). The number of nitrogens with zero attached hydrogens (tertiary/aromatic N) is 3. The van der Waals surface area contributed by atoms with Gasteiger partial charge in [-0.05, 0) is 61.4 Å². The summed E-state index contributed by atoms with van der Waals surface area (Å²) in [4.78, 5) is 4.37. The number of benzene rings is 3. The molecule has 0 radical (unpaired) electrons. The van der Waals surface area contributed by atoms with E-state index in [1.165, 1.54) is 41.4 Å². The molecule has 1 heterocycles. The summed E-state index contributed by atoms with van der Waals surface area (Å²) in [5, 5.41) is 11.6. The molecule has 0 amide bonds. The Morgan fingerprint density at radius 2 is 1.68 bits per heavy atom. The number of sulfonamides is 1. The smallest absolute Gasteiger partial charge is 0.249 e. The van der Waals surface area contributed by atoms with Crippen LogP contribution in [0.25, 0.3) is 0 Å². The maximum atomic E-state index is 13.7. The number of halogens is 2. The molecular weight excluding hydrogens is 579 g/mol. The van der Waals surface area contributed by atoms with Crippen molar-refractivity contribution in [2.45, 2.75) is 30.2 Å². The van der Waals surface area contributed by atoms with Crippen molar-refractivity contribution < 1.29 is 21.2 Å². The van der Waals surface area contributed by atoms with Gasteiger partial charge in [-0.1, -0.05) is 54.1 Å². The number of hydrogen-bond donors (Lipinski definition) is 3. The van der Waals surface area contributed by atoms with Crippen LogP contribution in [0.1, 0.15) is 30.9 Å². The van der Waals surface area contributed by atoms with Crippen LogP contribution in [0.3, 0.4) is 0 Å². The minimum atomic E-state index is -4.15. The highest BCUT2D eigenvalue weighted by Gasteiger charge is 2.34. The Balaban J connectivity index is 1.76. The van der Waals surface area contributed by atoms with Crippen LogP contribution in [-0.4, -0.2) is 52.1 Å². The third-order valence-electron chi connectivity index (χ3n) is 5.89. The zero-order valence-corrected chi connectivity index (χ0v) is 24.0. The monoisotopic (exact) mass is 606 g/mol. The van der Waals surface area contributed by atoms with Crippen LogP contribution in [0.2, 0.25) is 5.02 Å². The zero-order chi connectivity index (χ0) is 29.1. The fourth-order valence-electron chi connectivity index (χ4n) is 4.11. The molecule has 14 heteroatoms. The highest BCUT2D eigenvalue weighted by molar-refractivity contribution is 7.90. The summed E-state index contributed by atoms with van der Waals surface area (Å²) in [5.41, 5.74) is 0.969. The molecule has 0 saturated carbocycles. The molecule has 10 nitrogen and oxygen atoms in total. The normalized spacial score (nSPS) is 16.6. The van der Waals surface area contributed by atoms with Crippen LogP contribution >= 0.6 is 11.6 Å². The van der Waals surface area contributed by atoms with E-state index in [1.807, 2.05) is 30.3 Å². The maximum Gasteiger partial charge on any atom is 0.274 e. The summed E-state index contributed by atoms with van der Waals surface area (Å²) in [7, 11) is -8.22. The van der Waals surface area contributed by atoms with Crippen LogP contribution in [-0.2, 0) is 20.2 Å². The first-order chi connectivity index (χ1) is 18.7. The number of rotatable bonds is 8. The number of nitrogens with two attached hydrogens (primary N) is 1. The van der Waals surface area contributed by atoms with Gasteiger partial charge in [0.05, 0.1) is 23.7 Å². The van der Waals surface area contributed by atoms with Gasteiger partial charge in [-0.25, -0.2) is 32.7 Å². The van der Waals surface area contributed by atoms with Gasteiger partial charge in [0.15, 0.2) is 0 Å². The lowest BCUT2D eigenvalue weighted by Gasteiger charge is -2.25. The van der Waals surface area contributed by atoms with Crippen molar-refractivity contribution in [1.82, 2.24) is 14.5 Å². The topological polar surface area (TPSA) is 146 Å². The van der Waals surface area contributed by atoms with E-state index in [1.54, 1.807) is 26.0 Å². The molecule has 3 aromatic carbocycles. The van der Waals surface area contributed by atoms with Crippen molar-refractivity contribution >= 4 is 43.5 Å². The van der Waals surface area contributed by atoms with Gasteiger partial charge < -0.3 is 0 Å². The maximum absolute atomic E-state index is 13.7. The molecule has 0 unspecified atom stereocenters. The van der Waals surface area contributed by atoms with Crippen LogP contribution in [0.15, 0.2) is 93.9 Å². The standard InChI is InChI=1S/C26H28ClFN6O4S2/c1-26(2,33-40(29,37)38)17-30-25(32-39(35,36)22-14-10-20(27)11-15-22)34-16-23(18-6-4-3-5-7-18)24(31-34)19-8-12-21(28)13-9-19/h3-15,23,33H,16-17H2,1-2H3,(H,30,32)(H2,29,37,38)/t23-/m1/s1. The number of aliphatic imine (C=N–C) groups is 1. The van der Waals surface area contributed by atoms with E-state index in [0.717, 1.165) is 5.56 Å². The first kappa shape index (κ1) is 29.6. The van der Waals surface area contributed by atoms with Gasteiger partial charge in [0, 0.05) is 16.5 Å². The Morgan fingerprint density at radius 1 is 1.05 bits per heavy atom. The van der Waals surface area contributed by atoms with Gasteiger partial charge in [0.25, 0.3) is 20.2 Å². The lowest BCUT2D eigenvalue weighted by atomic mass is 9.91. The third-order valence-corrected chi connectivity index (χ3v) is 8.33. The van der Waals surface area contributed by atoms with Gasteiger partial charge in [-0.3, -0.25) is 0 Å². The van der Waals surface area contributed by atoms with Gasteiger partial charge in [-0.2, -0.15) is 18.2 Å². The lowest BCUT2D eigenvalue weighted by molar-refractivity contribution is 0.439. The lowest BCUT2D eigenvalue weighted by Crippen LogP contribution is -2.49. The van der Waals surface area contributed by atoms with Gasteiger partial charge in [-0.15, -0.1) is 0 Å². The Kier molecular flexibility index (Phi) is 8.61. The molecule has 3 aromatic rings. The molecule has 1 aliphatic rings. The van der Waals surface area contributed by atoms with E-state index in [0.29, 0.717) is 16.3 Å². The predicted octanol–water partition coefficient (Wildman–Crippen LogP) is 3.19. The molecule has 4 N–H and O–H groups in total. The summed E-state index contributed by atoms with van der Waals surface area (Å²) in [6, 6.07) is 20.9. The van der Waals surface area contributed by atoms with Gasteiger partial charge in [0.1, 0.15) is 5.82 Å². The molecule has 212 valence electrons. The van der Waals surface area contributed by atoms with Crippen molar-refractivity contribution in [3.63, 3.8) is 0 Å². The molecule has 0 fully saturated rings. The van der Waals surface area contributed by atoms with E-state index in [9.17, 15) is 21.2 Å². The van der Waals surface area contributed by atoms with Crippen molar-refractivity contribution in [3.8, 4) is 0 Å². The first-order valence-electron chi connectivity index (χ1n) is 12.0. The van der Waals surface area contributed by atoms with E-state index >= 15 is 0 Å². The molecule has 40 heavy (non-hydrogen) atoms. The zero-order valence-electron chi connectivity index (χ0n) is 21.6. The fourth-order valence-corrected chi connectivity index (χ4v) is 6.09. The van der Waals surface area contributed by atoms with Crippen LogP contribution in [0.5, 0.6) is 0 Å². The number of hydrazone groups is 1. The molecule has 0 aliphatic carbocycles. The summed E-state index contributed by atoms with van der Waals surface area (Å²) in [5.74, 6) is -0.859. The SMILES string of the molecule is CC(C)(C/N=C(/NS(=O)(=O)c1ccc(Cl)cc1)N1C[C@H](c2ccccc2)C(c2ccc(F)cc2)=N1)NS(N)(=O)=O. The molecule has 1 aliphatic heterocycles. The summed E-state index contributed by atoms with van der Waals surface area (Å²) in [6.07, 6.45) is 0. The Morgan fingerprint density at radius 3 is 2.27 bits per heavy atom. The largest absolute Gasteiger partial charge is 0.274 e. The highest BCUT2D eigenvalue weighted by Crippen LogP contribution is 2.29. The molecule has 0 spiro atoms. The average molecular weight is 607 g/mol. The molecule has 0 bridgehead atoms.